The van der Waals surface area contributed by atoms with Crippen LogP contribution < -0.4 is 0 Å². The minimum Gasteiger partial charge on any atom is -0.336 e. The molecule has 1 aromatic heterocycles. The number of nitrogens with zero attached hydrogens (tertiary/aromatic N) is 2. The first kappa shape index (κ1) is 22.6. The van der Waals surface area contributed by atoms with Crippen LogP contribution in [0.5, 0.6) is 0 Å². The maximum absolute atomic E-state index is 13.5. The number of carbonyl (C=O) groups excluding carboxylic acids is 1. The van der Waals surface area contributed by atoms with Crippen LogP contribution in [-0.2, 0) is 6.54 Å². The number of benzene rings is 2. The summed E-state index contributed by atoms with van der Waals surface area (Å²) in [6.07, 6.45) is 0. The molecule has 1 fully saturated rings. The van der Waals surface area contributed by atoms with Gasteiger partial charge in [0.25, 0.3) is 5.91 Å². The second kappa shape index (κ2) is 9.92. The van der Waals surface area contributed by atoms with Crippen molar-refractivity contribution in [3.05, 3.63) is 93.7 Å². The molecule has 0 saturated carbocycles. The Morgan fingerprint density at radius 1 is 1.03 bits per heavy atom. The van der Waals surface area contributed by atoms with Crippen molar-refractivity contribution in [2.45, 2.75) is 32.4 Å². The van der Waals surface area contributed by atoms with Crippen LogP contribution in [0.25, 0.3) is 0 Å². The smallest absolute Gasteiger partial charge is 0.254 e. The third kappa shape index (κ3) is 5.25. The molecular formula is C26H28F2N2OS. The minimum atomic E-state index is -0.353. The van der Waals surface area contributed by atoms with E-state index in [1.54, 1.807) is 23.5 Å². The molecule has 1 saturated heterocycles. The fraction of sp³-hybridized carbons (Fsp3) is 0.346. The first-order chi connectivity index (χ1) is 15.4. The molecule has 3 nitrogen and oxygen atoms in total. The molecule has 0 radical (unpaired) electrons. The molecule has 0 N–H and O–H groups in total. The highest BCUT2D eigenvalue weighted by molar-refractivity contribution is 7.09. The van der Waals surface area contributed by atoms with Crippen molar-refractivity contribution in [2.24, 2.45) is 5.92 Å². The van der Waals surface area contributed by atoms with Crippen molar-refractivity contribution in [2.75, 3.05) is 19.6 Å². The lowest BCUT2D eigenvalue weighted by Crippen LogP contribution is -2.42. The zero-order valence-corrected chi connectivity index (χ0v) is 19.2. The summed E-state index contributed by atoms with van der Waals surface area (Å²) in [4.78, 5) is 18.9. The van der Waals surface area contributed by atoms with E-state index in [1.165, 1.54) is 29.1 Å². The molecule has 1 aliphatic heterocycles. The van der Waals surface area contributed by atoms with Crippen molar-refractivity contribution in [1.82, 2.24) is 9.80 Å². The maximum atomic E-state index is 13.5. The third-order valence-corrected chi connectivity index (χ3v) is 7.04. The predicted octanol–water partition coefficient (Wildman–Crippen LogP) is 5.79. The average Bonchev–Trinajstić information content (AvgIpc) is 3.42. The number of halogens is 2. The molecule has 168 valence electrons. The van der Waals surface area contributed by atoms with E-state index in [2.05, 4.69) is 22.4 Å². The zero-order chi connectivity index (χ0) is 22.7. The molecule has 3 aromatic rings. The fourth-order valence-electron chi connectivity index (χ4n) is 4.52. The van der Waals surface area contributed by atoms with Crippen LogP contribution in [0.3, 0.4) is 0 Å². The molecule has 6 heteroatoms. The summed E-state index contributed by atoms with van der Waals surface area (Å²) in [5.74, 6) is -0.261. The second-order valence-electron chi connectivity index (χ2n) is 8.75. The minimum absolute atomic E-state index is 0.00719. The van der Waals surface area contributed by atoms with E-state index >= 15 is 0 Å². The van der Waals surface area contributed by atoms with Crippen LogP contribution in [0.1, 0.15) is 40.6 Å². The summed E-state index contributed by atoms with van der Waals surface area (Å²) in [6, 6.07) is 16.7. The van der Waals surface area contributed by atoms with Crippen LogP contribution in [0.2, 0.25) is 0 Å². The van der Waals surface area contributed by atoms with Gasteiger partial charge in [0.15, 0.2) is 0 Å². The molecule has 1 amide bonds. The van der Waals surface area contributed by atoms with Gasteiger partial charge in [-0.15, -0.1) is 11.3 Å². The lowest BCUT2D eigenvalue weighted by Gasteiger charge is -2.32. The van der Waals surface area contributed by atoms with E-state index in [1.807, 2.05) is 30.9 Å². The highest BCUT2D eigenvalue weighted by Gasteiger charge is 2.36. The number of likely N-dealkylation sites (tertiary alicyclic amines) is 1. The summed E-state index contributed by atoms with van der Waals surface area (Å²) in [5.41, 5.74) is 1.59. The Kier molecular flexibility index (Phi) is 7.01. The van der Waals surface area contributed by atoms with Crippen molar-refractivity contribution in [3.63, 3.8) is 0 Å². The Hall–Kier alpha value is -2.57. The molecular weight excluding hydrogens is 426 g/mol. The quantitative estimate of drug-likeness (QED) is 0.451. The fourth-order valence-corrected chi connectivity index (χ4v) is 5.27. The topological polar surface area (TPSA) is 23.6 Å². The van der Waals surface area contributed by atoms with Crippen molar-refractivity contribution < 1.29 is 13.6 Å². The van der Waals surface area contributed by atoms with E-state index in [0.717, 1.165) is 25.2 Å². The highest BCUT2D eigenvalue weighted by atomic mass is 32.1. The molecule has 4 rings (SSSR count). The second-order valence-corrected chi connectivity index (χ2v) is 9.78. The van der Waals surface area contributed by atoms with Crippen LogP contribution >= 0.6 is 11.3 Å². The Morgan fingerprint density at radius 2 is 1.69 bits per heavy atom. The standard InChI is InChI=1S/C26H28F2N2OS/c1-18(2)30(26(31)20-7-11-23(28)12-8-20)15-21-14-29(16-24-4-3-13-32-24)17-25(21)19-5-9-22(27)10-6-19/h3-13,18,21,25H,14-17H2,1-2H3/t21-,25-/m0/s1. The molecule has 0 unspecified atom stereocenters. The van der Waals surface area contributed by atoms with Gasteiger partial charge in [-0.25, -0.2) is 8.78 Å². The number of thiophene rings is 1. The normalized spacial score (nSPS) is 18.9. The van der Waals surface area contributed by atoms with Gasteiger partial charge < -0.3 is 4.90 Å². The van der Waals surface area contributed by atoms with Crippen LogP contribution in [-0.4, -0.2) is 41.4 Å². The van der Waals surface area contributed by atoms with Gasteiger partial charge in [-0.1, -0.05) is 18.2 Å². The van der Waals surface area contributed by atoms with Gasteiger partial charge >= 0.3 is 0 Å². The van der Waals surface area contributed by atoms with Gasteiger partial charge in [-0.05, 0) is 73.2 Å². The Labute approximate surface area is 192 Å². The largest absolute Gasteiger partial charge is 0.336 e. The summed E-state index contributed by atoms with van der Waals surface area (Å²) >= 11 is 1.75. The average molecular weight is 455 g/mol. The highest BCUT2D eigenvalue weighted by Crippen LogP contribution is 2.35. The molecule has 0 bridgehead atoms. The molecule has 2 heterocycles. The van der Waals surface area contributed by atoms with Crippen LogP contribution in [0.15, 0.2) is 66.0 Å². The van der Waals surface area contributed by atoms with Crippen molar-refractivity contribution in [1.29, 1.82) is 0 Å². The Morgan fingerprint density at radius 3 is 2.28 bits per heavy atom. The number of amides is 1. The Bertz CT molecular complexity index is 1020. The van der Waals surface area contributed by atoms with Gasteiger partial charge in [0.05, 0.1) is 0 Å². The number of rotatable bonds is 7. The van der Waals surface area contributed by atoms with Crippen molar-refractivity contribution in [3.8, 4) is 0 Å². The SMILES string of the molecule is CC(C)N(C[C@@H]1CN(Cc2cccs2)C[C@H]1c1ccc(F)cc1)C(=O)c1ccc(F)cc1. The van der Waals surface area contributed by atoms with Gasteiger partial charge in [-0.3, -0.25) is 9.69 Å². The van der Waals surface area contributed by atoms with E-state index in [4.69, 9.17) is 0 Å². The summed E-state index contributed by atoms with van der Waals surface area (Å²) in [5, 5.41) is 2.09. The monoisotopic (exact) mass is 454 g/mol. The number of hydrogen-bond donors (Lipinski definition) is 0. The van der Waals surface area contributed by atoms with Crippen LogP contribution in [0, 0.1) is 17.6 Å². The first-order valence-corrected chi connectivity index (χ1v) is 11.9. The van der Waals surface area contributed by atoms with Crippen LogP contribution in [0.4, 0.5) is 8.78 Å². The number of hydrogen-bond acceptors (Lipinski definition) is 3. The molecule has 2 aromatic carbocycles. The van der Waals surface area contributed by atoms with Crippen molar-refractivity contribution >= 4 is 17.2 Å². The molecule has 2 atom stereocenters. The Balaban J connectivity index is 1.56. The third-order valence-electron chi connectivity index (χ3n) is 6.18. The maximum Gasteiger partial charge on any atom is 0.254 e. The summed E-state index contributed by atoms with van der Waals surface area (Å²) < 4.78 is 26.9. The lowest BCUT2D eigenvalue weighted by atomic mass is 9.88. The van der Waals surface area contributed by atoms with E-state index in [0.29, 0.717) is 12.1 Å². The summed E-state index contributed by atoms with van der Waals surface area (Å²) in [6.45, 7) is 7.21. The first-order valence-electron chi connectivity index (χ1n) is 11.0. The molecule has 0 spiro atoms. The van der Waals surface area contributed by atoms with Gasteiger partial charge in [-0.2, -0.15) is 0 Å². The van der Waals surface area contributed by atoms with Gasteiger partial charge in [0.1, 0.15) is 11.6 Å². The van der Waals surface area contributed by atoms with Gasteiger partial charge in [0.2, 0.25) is 0 Å². The zero-order valence-electron chi connectivity index (χ0n) is 18.4. The van der Waals surface area contributed by atoms with E-state index in [-0.39, 0.29) is 35.4 Å². The lowest BCUT2D eigenvalue weighted by molar-refractivity contribution is 0.0668. The molecule has 32 heavy (non-hydrogen) atoms. The molecule has 1 aliphatic rings. The van der Waals surface area contributed by atoms with Gasteiger partial charge in [0, 0.05) is 48.6 Å². The number of carbonyl (C=O) groups is 1. The van der Waals surface area contributed by atoms with E-state index < -0.39 is 0 Å². The predicted molar refractivity (Wildman–Crippen MR) is 125 cm³/mol. The van der Waals surface area contributed by atoms with E-state index in [9.17, 15) is 13.6 Å². The molecule has 0 aliphatic carbocycles. The summed E-state index contributed by atoms with van der Waals surface area (Å²) in [7, 11) is 0.